The topological polar surface area (TPSA) is 22.1 Å². The molecule has 2 aromatic heterocycles. The van der Waals surface area contributed by atoms with E-state index in [-0.39, 0.29) is 0 Å². The molecular weight excluding hydrogens is 310 g/mol. The second kappa shape index (κ2) is 5.66. The molecule has 0 atom stereocenters. The standard InChI is InChI=1S/C11H9BrClNOS/c12-10-6-8(13)7-14-11(10)15-4-3-9-2-1-5-16-9/h1-2,5-7H,3-4H2. The van der Waals surface area contributed by atoms with Crippen LogP contribution in [0.25, 0.3) is 0 Å². The zero-order chi connectivity index (χ0) is 11.4. The van der Waals surface area contributed by atoms with Gasteiger partial charge in [0.05, 0.1) is 16.1 Å². The molecule has 84 valence electrons. The van der Waals surface area contributed by atoms with Crippen LogP contribution in [0.1, 0.15) is 4.88 Å². The molecular formula is C11H9BrClNOS. The number of halogens is 2. The van der Waals surface area contributed by atoms with Crippen molar-refractivity contribution in [1.29, 1.82) is 0 Å². The van der Waals surface area contributed by atoms with Crippen LogP contribution in [0.4, 0.5) is 0 Å². The first-order valence-electron chi connectivity index (χ1n) is 4.72. The maximum absolute atomic E-state index is 5.79. The van der Waals surface area contributed by atoms with Gasteiger partial charge in [-0.3, -0.25) is 0 Å². The largest absolute Gasteiger partial charge is 0.476 e. The Labute approximate surface area is 111 Å². The first kappa shape index (κ1) is 11.9. The molecule has 0 saturated heterocycles. The lowest BCUT2D eigenvalue weighted by molar-refractivity contribution is 0.308. The van der Waals surface area contributed by atoms with Crippen molar-refractivity contribution in [3.05, 3.63) is 44.1 Å². The van der Waals surface area contributed by atoms with E-state index in [4.69, 9.17) is 16.3 Å². The van der Waals surface area contributed by atoms with Gasteiger partial charge in [0, 0.05) is 17.5 Å². The molecule has 2 rings (SSSR count). The molecule has 0 radical (unpaired) electrons. The average Bonchev–Trinajstić information content (AvgIpc) is 2.74. The Morgan fingerprint density at radius 2 is 2.38 bits per heavy atom. The molecule has 0 bridgehead atoms. The number of hydrogen-bond acceptors (Lipinski definition) is 3. The lowest BCUT2D eigenvalue weighted by atomic mass is 10.4. The van der Waals surface area contributed by atoms with Crippen LogP contribution in [0.2, 0.25) is 5.02 Å². The number of nitrogens with zero attached hydrogens (tertiary/aromatic N) is 1. The van der Waals surface area contributed by atoms with Gasteiger partial charge >= 0.3 is 0 Å². The molecule has 0 aliphatic heterocycles. The van der Waals surface area contributed by atoms with Crippen LogP contribution >= 0.6 is 38.9 Å². The Morgan fingerprint density at radius 1 is 1.50 bits per heavy atom. The molecule has 2 heterocycles. The molecule has 0 saturated carbocycles. The molecule has 0 fully saturated rings. The summed E-state index contributed by atoms with van der Waals surface area (Å²) in [6.45, 7) is 0.619. The SMILES string of the molecule is Clc1cnc(OCCc2cccs2)c(Br)c1. The summed E-state index contributed by atoms with van der Waals surface area (Å²) in [5.74, 6) is 0.584. The number of thiophene rings is 1. The summed E-state index contributed by atoms with van der Waals surface area (Å²) in [7, 11) is 0. The lowest BCUT2D eigenvalue weighted by Gasteiger charge is -2.06. The van der Waals surface area contributed by atoms with Gasteiger partial charge in [-0.25, -0.2) is 4.98 Å². The second-order valence-corrected chi connectivity index (χ2v) is 5.44. The van der Waals surface area contributed by atoms with E-state index in [0.717, 1.165) is 10.9 Å². The third kappa shape index (κ3) is 3.20. The number of pyridine rings is 1. The Hall–Kier alpha value is -0.580. The van der Waals surface area contributed by atoms with Gasteiger partial charge in [0.1, 0.15) is 0 Å². The third-order valence-corrected chi connectivity index (χ3v) is 3.65. The Bertz CT molecular complexity index is 461. The van der Waals surface area contributed by atoms with Crippen LogP contribution in [0.5, 0.6) is 5.88 Å². The molecule has 5 heteroatoms. The van der Waals surface area contributed by atoms with Crippen molar-refractivity contribution >= 4 is 38.9 Å². The summed E-state index contributed by atoms with van der Waals surface area (Å²) in [6, 6.07) is 5.91. The fourth-order valence-corrected chi connectivity index (χ4v) is 2.65. The normalized spacial score (nSPS) is 10.4. The minimum Gasteiger partial charge on any atom is -0.476 e. The predicted molar refractivity (Wildman–Crippen MR) is 70.5 cm³/mol. The van der Waals surface area contributed by atoms with Crippen LogP contribution in [0, 0.1) is 0 Å². The summed E-state index contributed by atoms with van der Waals surface area (Å²) in [5, 5.41) is 2.66. The predicted octanol–water partition coefficient (Wildman–Crippen LogP) is 4.18. The smallest absolute Gasteiger partial charge is 0.228 e. The monoisotopic (exact) mass is 317 g/mol. The van der Waals surface area contributed by atoms with Crippen molar-refractivity contribution in [2.24, 2.45) is 0 Å². The fraction of sp³-hybridized carbons (Fsp3) is 0.182. The third-order valence-electron chi connectivity index (χ3n) is 1.94. The number of ether oxygens (including phenoxy) is 1. The Morgan fingerprint density at radius 3 is 3.06 bits per heavy atom. The van der Waals surface area contributed by atoms with Crippen molar-refractivity contribution in [2.75, 3.05) is 6.61 Å². The van der Waals surface area contributed by atoms with Crippen LogP contribution < -0.4 is 4.74 Å². The summed E-state index contributed by atoms with van der Waals surface area (Å²) < 4.78 is 6.34. The molecule has 0 spiro atoms. The maximum atomic E-state index is 5.79. The van der Waals surface area contributed by atoms with E-state index < -0.39 is 0 Å². The first-order chi connectivity index (χ1) is 7.75. The molecule has 0 aromatic carbocycles. The van der Waals surface area contributed by atoms with Gasteiger partial charge in [0.25, 0.3) is 0 Å². The summed E-state index contributed by atoms with van der Waals surface area (Å²) >= 11 is 10.9. The van der Waals surface area contributed by atoms with Crippen molar-refractivity contribution in [3.8, 4) is 5.88 Å². The molecule has 16 heavy (non-hydrogen) atoms. The van der Waals surface area contributed by atoms with Crippen LogP contribution in [-0.2, 0) is 6.42 Å². The van der Waals surface area contributed by atoms with Crippen molar-refractivity contribution in [1.82, 2.24) is 4.98 Å². The Kier molecular flexibility index (Phi) is 4.21. The first-order valence-corrected chi connectivity index (χ1v) is 6.77. The Balaban J connectivity index is 1.90. The molecule has 0 N–H and O–H groups in total. The highest BCUT2D eigenvalue weighted by Gasteiger charge is 2.03. The van der Waals surface area contributed by atoms with E-state index >= 15 is 0 Å². The zero-order valence-corrected chi connectivity index (χ0v) is 11.5. The lowest BCUT2D eigenvalue weighted by Crippen LogP contribution is -2.02. The van der Waals surface area contributed by atoms with E-state index in [0.29, 0.717) is 17.5 Å². The highest BCUT2D eigenvalue weighted by atomic mass is 79.9. The molecule has 0 aliphatic rings. The molecule has 0 unspecified atom stereocenters. The molecule has 2 aromatic rings. The zero-order valence-electron chi connectivity index (χ0n) is 8.32. The molecule has 2 nitrogen and oxygen atoms in total. The summed E-state index contributed by atoms with van der Waals surface area (Å²) in [6.07, 6.45) is 2.47. The quantitative estimate of drug-likeness (QED) is 0.843. The van der Waals surface area contributed by atoms with E-state index in [1.165, 1.54) is 4.88 Å². The highest BCUT2D eigenvalue weighted by molar-refractivity contribution is 9.10. The molecule has 0 amide bonds. The minimum absolute atomic E-state index is 0.584. The second-order valence-electron chi connectivity index (χ2n) is 3.12. The van der Waals surface area contributed by atoms with Gasteiger partial charge in [0.15, 0.2) is 0 Å². The number of hydrogen-bond donors (Lipinski definition) is 0. The van der Waals surface area contributed by atoms with E-state index in [2.05, 4.69) is 32.4 Å². The van der Waals surface area contributed by atoms with Gasteiger partial charge in [-0.1, -0.05) is 17.7 Å². The minimum atomic E-state index is 0.584. The number of rotatable bonds is 4. The van der Waals surface area contributed by atoms with Crippen LogP contribution in [-0.4, -0.2) is 11.6 Å². The van der Waals surface area contributed by atoms with Crippen LogP contribution in [0.15, 0.2) is 34.2 Å². The molecule has 0 aliphatic carbocycles. The van der Waals surface area contributed by atoms with Crippen LogP contribution in [0.3, 0.4) is 0 Å². The summed E-state index contributed by atoms with van der Waals surface area (Å²) in [5.41, 5.74) is 0. The van der Waals surface area contributed by atoms with Gasteiger partial charge in [-0.15, -0.1) is 11.3 Å². The average molecular weight is 319 g/mol. The van der Waals surface area contributed by atoms with Gasteiger partial charge in [0.2, 0.25) is 5.88 Å². The van der Waals surface area contributed by atoms with Gasteiger partial charge in [-0.2, -0.15) is 0 Å². The van der Waals surface area contributed by atoms with E-state index in [1.54, 1.807) is 23.6 Å². The van der Waals surface area contributed by atoms with Crippen molar-refractivity contribution in [2.45, 2.75) is 6.42 Å². The summed E-state index contributed by atoms with van der Waals surface area (Å²) in [4.78, 5) is 5.41. The van der Waals surface area contributed by atoms with Gasteiger partial charge < -0.3 is 4.74 Å². The van der Waals surface area contributed by atoms with Crippen molar-refractivity contribution < 1.29 is 4.74 Å². The van der Waals surface area contributed by atoms with Crippen molar-refractivity contribution in [3.63, 3.8) is 0 Å². The maximum Gasteiger partial charge on any atom is 0.228 e. The van der Waals surface area contributed by atoms with E-state index in [1.807, 2.05) is 6.07 Å². The highest BCUT2D eigenvalue weighted by Crippen LogP contribution is 2.25. The van der Waals surface area contributed by atoms with E-state index in [9.17, 15) is 0 Å². The van der Waals surface area contributed by atoms with Gasteiger partial charge in [-0.05, 0) is 33.4 Å². The number of aromatic nitrogens is 1. The fourth-order valence-electron chi connectivity index (χ4n) is 1.21.